The summed E-state index contributed by atoms with van der Waals surface area (Å²) in [7, 11) is 0. The summed E-state index contributed by atoms with van der Waals surface area (Å²) in [5, 5.41) is 0. The standard InChI is InChI=1S/C21H33FN4O2/c1-5-27-21(28-6-2)19-8-7-18(22)20(23-19)24-10-17(11-24)26-13-15-9-16(26)12-25(15)14(3)4/h7-8,14-17,21H,5-6,9-13H2,1-4H3/t15?,16-/m0/s1. The summed E-state index contributed by atoms with van der Waals surface area (Å²) >= 11 is 0. The van der Waals surface area contributed by atoms with Crippen molar-refractivity contribution in [3.63, 3.8) is 0 Å². The third-order valence-corrected chi connectivity index (χ3v) is 6.35. The van der Waals surface area contributed by atoms with Gasteiger partial charge in [-0.2, -0.15) is 0 Å². The van der Waals surface area contributed by atoms with Crippen LogP contribution in [0.15, 0.2) is 12.1 Å². The van der Waals surface area contributed by atoms with Crippen molar-refractivity contribution in [3.05, 3.63) is 23.6 Å². The molecule has 3 saturated heterocycles. The zero-order valence-electron chi connectivity index (χ0n) is 17.5. The maximum Gasteiger partial charge on any atom is 0.201 e. The fourth-order valence-electron chi connectivity index (χ4n) is 4.97. The Hall–Kier alpha value is -1.28. The summed E-state index contributed by atoms with van der Waals surface area (Å²) in [5.74, 6) is 0.147. The summed E-state index contributed by atoms with van der Waals surface area (Å²) in [6, 6.07) is 5.61. The van der Waals surface area contributed by atoms with Gasteiger partial charge >= 0.3 is 0 Å². The highest BCUT2D eigenvalue weighted by molar-refractivity contribution is 5.45. The lowest BCUT2D eigenvalue weighted by molar-refractivity contribution is -0.142. The van der Waals surface area contributed by atoms with Crippen LogP contribution in [-0.4, -0.2) is 78.3 Å². The number of ether oxygens (including phenoxy) is 2. The summed E-state index contributed by atoms with van der Waals surface area (Å²) < 4.78 is 25.7. The van der Waals surface area contributed by atoms with E-state index in [9.17, 15) is 4.39 Å². The number of anilines is 1. The number of pyridine rings is 1. The first-order chi connectivity index (χ1) is 13.5. The molecule has 28 heavy (non-hydrogen) atoms. The van der Waals surface area contributed by atoms with Crippen molar-refractivity contribution in [1.29, 1.82) is 0 Å². The lowest BCUT2D eigenvalue weighted by Gasteiger charge is -2.49. The van der Waals surface area contributed by atoms with Crippen molar-refractivity contribution in [2.75, 3.05) is 44.3 Å². The van der Waals surface area contributed by atoms with Gasteiger partial charge in [-0.3, -0.25) is 9.80 Å². The fraction of sp³-hybridized carbons (Fsp3) is 0.762. The van der Waals surface area contributed by atoms with Gasteiger partial charge in [0, 0.05) is 63.6 Å². The number of nitrogens with zero attached hydrogens (tertiary/aromatic N) is 4. The Morgan fingerprint density at radius 3 is 2.32 bits per heavy atom. The van der Waals surface area contributed by atoms with Gasteiger partial charge in [-0.05, 0) is 46.2 Å². The molecule has 4 rings (SSSR count). The Balaban J connectivity index is 1.39. The van der Waals surface area contributed by atoms with E-state index in [0.29, 0.717) is 48.9 Å². The molecule has 1 unspecified atom stereocenters. The van der Waals surface area contributed by atoms with E-state index < -0.39 is 6.29 Å². The monoisotopic (exact) mass is 392 g/mol. The highest BCUT2D eigenvalue weighted by atomic mass is 19.1. The molecule has 0 N–H and O–H groups in total. The van der Waals surface area contributed by atoms with E-state index in [1.165, 1.54) is 19.0 Å². The fourth-order valence-corrected chi connectivity index (χ4v) is 4.97. The van der Waals surface area contributed by atoms with Crippen LogP contribution in [-0.2, 0) is 9.47 Å². The summed E-state index contributed by atoms with van der Waals surface area (Å²) in [6.07, 6.45) is 0.740. The first-order valence-corrected chi connectivity index (χ1v) is 10.7. The molecule has 2 bridgehead atoms. The van der Waals surface area contributed by atoms with Crippen molar-refractivity contribution in [2.45, 2.75) is 64.6 Å². The Bertz CT molecular complexity index is 676. The van der Waals surface area contributed by atoms with Gasteiger partial charge in [-0.25, -0.2) is 9.37 Å². The zero-order chi connectivity index (χ0) is 19.8. The quantitative estimate of drug-likeness (QED) is 0.634. The minimum atomic E-state index is -0.539. The number of hydrogen-bond donors (Lipinski definition) is 0. The molecule has 0 aromatic carbocycles. The Morgan fingerprint density at radius 2 is 1.75 bits per heavy atom. The molecule has 3 fully saturated rings. The third kappa shape index (κ3) is 3.65. The molecule has 3 aliphatic heterocycles. The van der Waals surface area contributed by atoms with Crippen LogP contribution in [0.1, 0.15) is 46.1 Å². The molecule has 0 aliphatic carbocycles. The van der Waals surface area contributed by atoms with E-state index in [0.717, 1.165) is 19.6 Å². The topological polar surface area (TPSA) is 41.1 Å². The number of hydrogen-bond acceptors (Lipinski definition) is 6. The summed E-state index contributed by atoms with van der Waals surface area (Å²) in [4.78, 5) is 11.9. The number of rotatable bonds is 8. The van der Waals surface area contributed by atoms with Gasteiger partial charge in [-0.15, -0.1) is 0 Å². The molecule has 1 aromatic rings. The molecular weight excluding hydrogens is 359 g/mol. The second-order valence-electron chi connectivity index (χ2n) is 8.37. The van der Waals surface area contributed by atoms with E-state index in [4.69, 9.17) is 9.47 Å². The largest absolute Gasteiger partial charge is 0.351 e. The van der Waals surface area contributed by atoms with Crippen LogP contribution in [0.5, 0.6) is 0 Å². The summed E-state index contributed by atoms with van der Waals surface area (Å²) in [6.45, 7) is 13.5. The highest BCUT2D eigenvalue weighted by Crippen LogP contribution is 2.36. The molecule has 156 valence electrons. The van der Waals surface area contributed by atoms with Crippen LogP contribution < -0.4 is 4.90 Å². The van der Waals surface area contributed by atoms with Crippen molar-refractivity contribution >= 4 is 5.82 Å². The van der Waals surface area contributed by atoms with Gasteiger partial charge < -0.3 is 14.4 Å². The van der Waals surface area contributed by atoms with Gasteiger partial charge in [-0.1, -0.05) is 0 Å². The van der Waals surface area contributed by atoms with Gasteiger partial charge in [0.05, 0.1) is 5.69 Å². The Morgan fingerprint density at radius 1 is 1.04 bits per heavy atom. The maximum atomic E-state index is 14.5. The molecule has 0 amide bonds. The molecule has 3 aliphatic rings. The smallest absolute Gasteiger partial charge is 0.201 e. The first-order valence-electron chi connectivity index (χ1n) is 10.7. The zero-order valence-corrected chi connectivity index (χ0v) is 17.5. The Labute approximate surface area is 167 Å². The number of piperazine rings is 1. The lowest BCUT2D eigenvalue weighted by atomic mass is 10.0. The Kier molecular flexibility index (Phi) is 5.88. The van der Waals surface area contributed by atoms with Crippen LogP contribution in [0.25, 0.3) is 0 Å². The van der Waals surface area contributed by atoms with E-state index in [1.807, 2.05) is 18.7 Å². The molecule has 4 heterocycles. The molecular formula is C21H33FN4O2. The van der Waals surface area contributed by atoms with Gasteiger partial charge in [0.2, 0.25) is 6.29 Å². The van der Waals surface area contributed by atoms with Gasteiger partial charge in [0.25, 0.3) is 0 Å². The van der Waals surface area contributed by atoms with Gasteiger partial charge in [0.15, 0.2) is 11.6 Å². The number of aromatic nitrogens is 1. The second kappa shape index (κ2) is 8.22. The van der Waals surface area contributed by atoms with E-state index >= 15 is 0 Å². The van der Waals surface area contributed by atoms with Crippen LogP contribution >= 0.6 is 0 Å². The van der Waals surface area contributed by atoms with Crippen molar-refractivity contribution in [3.8, 4) is 0 Å². The molecule has 6 nitrogen and oxygen atoms in total. The predicted octanol–water partition coefficient (Wildman–Crippen LogP) is 2.65. The second-order valence-corrected chi connectivity index (χ2v) is 8.37. The molecule has 7 heteroatoms. The van der Waals surface area contributed by atoms with Crippen molar-refractivity contribution in [1.82, 2.24) is 14.8 Å². The van der Waals surface area contributed by atoms with Crippen LogP contribution in [0.3, 0.4) is 0 Å². The van der Waals surface area contributed by atoms with E-state index in [2.05, 4.69) is 28.6 Å². The first kappa shape index (κ1) is 20.0. The minimum absolute atomic E-state index is 0.275. The predicted molar refractivity (Wildman–Crippen MR) is 107 cm³/mol. The van der Waals surface area contributed by atoms with Crippen molar-refractivity contribution in [2.24, 2.45) is 0 Å². The molecule has 0 radical (unpaired) electrons. The number of fused-ring (bicyclic) bond motifs is 2. The molecule has 0 saturated carbocycles. The normalized spacial score (nSPS) is 26.0. The van der Waals surface area contributed by atoms with E-state index in [-0.39, 0.29) is 5.82 Å². The lowest BCUT2D eigenvalue weighted by Crippen LogP contribution is -2.64. The number of halogens is 1. The van der Waals surface area contributed by atoms with E-state index in [1.54, 1.807) is 6.07 Å². The minimum Gasteiger partial charge on any atom is -0.351 e. The third-order valence-electron chi connectivity index (χ3n) is 6.35. The molecule has 0 spiro atoms. The van der Waals surface area contributed by atoms with Gasteiger partial charge in [0.1, 0.15) is 0 Å². The molecule has 2 atom stereocenters. The van der Waals surface area contributed by atoms with Crippen LogP contribution in [0, 0.1) is 5.82 Å². The van der Waals surface area contributed by atoms with Crippen molar-refractivity contribution < 1.29 is 13.9 Å². The highest BCUT2D eigenvalue weighted by Gasteiger charge is 2.48. The maximum absolute atomic E-state index is 14.5. The average Bonchev–Trinajstić information content (AvgIpc) is 3.23. The molecule has 1 aromatic heterocycles. The SMILES string of the molecule is CCOC(OCC)c1ccc(F)c(N2CC(N3CC4C[C@H]3CN4C(C)C)C2)n1. The average molecular weight is 393 g/mol. The van der Waals surface area contributed by atoms with Crippen LogP contribution in [0.2, 0.25) is 0 Å². The number of likely N-dealkylation sites (tertiary alicyclic amines) is 2. The van der Waals surface area contributed by atoms with Crippen LogP contribution in [0.4, 0.5) is 10.2 Å². The summed E-state index contributed by atoms with van der Waals surface area (Å²) in [5.41, 5.74) is 0.636.